The largest absolute Gasteiger partial charge is 0.471 e. The Labute approximate surface area is 139 Å². The summed E-state index contributed by atoms with van der Waals surface area (Å²) >= 11 is 6.18. The number of pyridine rings is 1. The Hall–Kier alpha value is -2.11. The molecule has 1 aromatic heterocycles. The molecular weight excluding hydrogens is 316 g/mol. The van der Waals surface area contributed by atoms with Crippen LogP contribution in [0.2, 0.25) is 5.02 Å². The van der Waals surface area contributed by atoms with E-state index in [0.717, 1.165) is 17.7 Å². The average molecular weight is 333 g/mol. The molecule has 1 saturated heterocycles. The van der Waals surface area contributed by atoms with Gasteiger partial charge in [0.2, 0.25) is 5.88 Å². The van der Waals surface area contributed by atoms with Crippen molar-refractivity contribution < 1.29 is 14.3 Å². The monoisotopic (exact) mass is 332 g/mol. The molecule has 1 aliphatic rings. The normalized spacial score (nSPS) is 17.0. The third-order valence-corrected chi connectivity index (χ3v) is 3.90. The molecule has 120 valence electrons. The Kier molecular flexibility index (Phi) is 4.79. The molecule has 5 nitrogen and oxygen atoms in total. The van der Waals surface area contributed by atoms with Crippen molar-refractivity contribution in [2.24, 2.45) is 0 Å². The van der Waals surface area contributed by atoms with E-state index in [1.54, 1.807) is 6.07 Å². The molecule has 6 heteroatoms. The van der Waals surface area contributed by atoms with Crippen LogP contribution in [0, 0.1) is 6.92 Å². The number of para-hydroxylation sites is 1. The fourth-order valence-electron chi connectivity index (χ4n) is 2.31. The molecule has 0 aliphatic carbocycles. The Bertz CT molecular complexity index is 715. The van der Waals surface area contributed by atoms with Crippen LogP contribution in [-0.2, 0) is 4.74 Å². The van der Waals surface area contributed by atoms with Crippen molar-refractivity contribution in [3.05, 3.63) is 52.7 Å². The smallest absolute Gasteiger partial charge is 0.257 e. The fourth-order valence-corrected chi connectivity index (χ4v) is 2.52. The molecule has 0 radical (unpaired) electrons. The molecule has 1 N–H and O–H groups in total. The van der Waals surface area contributed by atoms with Crippen molar-refractivity contribution in [3.8, 4) is 5.88 Å². The fraction of sp³-hybridized carbons (Fsp3) is 0.294. The zero-order chi connectivity index (χ0) is 16.2. The van der Waals surface area contributed by atoms with Crippen molar-refractivity contribution in [1.29, 1.82) is 0 Å². The van der Waals surface area contributed by atoms with Gasteiger partial charge in [-0.25, -0.2) is 4.98 Å². The number of aryl methyl sites for hydroxylation is 1. The molecule has 3 rings (SSSR count). The lowest BCUT2D eigenvalue weighted by Crippen LogP contribution is -2.17. The number of carbonyl (C=O) groups is 1. The van der Waals surface area contributed by atoms with E-state index in [2.05, 4.69) is 10.3 Å². The van der Waals surface area contributed by atoms with Gasteiger partial charge in [0.25, 0.3) is 5.91 Å². The second-order valence-corrected chi connectivity index (χ2v) is 5.79. The zero-order valence-corrected chi connectivity index (χ0v) is 13.5. The lowest BCUT2D eigenvalue weighted by molar-refractivity contribution is 0.102. The van der Waals surface area contributed by atoms with Gasteiger partial charge in [-0.3, -0.25) is 4.79 Å². The number of hydrogen-bond acceptors (Lipinski definition) is 4. The molecular formula is C17H17ClN2O3. The van der Waals surface area contributed by atoms with Crippen molar-refractivity contribution in [2.45, 2.75) is 19.4 Å². The molecule has 1 aromatic carbocycles. The first-order chi connectivity index (χ1) is 11.1. The molecule has 2 heterocycles. The number of benzene rings is 1. The predicted molar refractivity (Wildman–Crippen MR) is 88.2 cm³/mol. The Morgan fingerprint density at radius 2 is 2.26 bits per heavy atom. The Morgan fingerprint density at radius 3 is 2.96 bits per heavy atom. The van der Waals surface area contributed by atoms with E-state index >= 15 is 0 Å². The number of nitrogens with zero attached hydrogens (tertiary/aromatic N) is 1. The lowest BCUT2D eigenvalue weighted by Gasteiger charge is -2.13. The van der Waals surface area contributed by atoms with Crippen LogP contribution < -0.4 is 10.1 Å². The summed E-state index contributed by atoms with van der Waals surface area (Å²) in [4.78, 5) is 16.5. The molecule has 0 spiro atoms. The van der Waals surface area contributed by atoms with E-state index in [4.69, 9.17) is 21.1 Å². The number of halogens is 1. The first kappa shape index (κ1) is 15.8. The summed E-state index contributed by atoms with van der Waals surface area (Å²) in [5, 5.41) is 3.16. The van der Waals surface area contributed by atoms with E-state index in [1.165, 1.54) is 6.20 Å². The topological polar surface area (TPSA) is 60.5 Å². The number of nitrogens with one attached hydrogen (secondary N) is 1. The number of hydrogen-bond donors (Lipinski definition) is 1. The molecule has 1 amide bonds. The van der Waals surface area contributed by atoms with Crippen LogP contribution in [-0.4, -0.2) is 30.2 Å². The van der Waals surface area contributed by atoms with E-state index in [-0.39, 0.29) is 12.0 Å². The highest BCUT2D eigenvalue weighted by molar-refractivity contribution is 6.32. The second kappa shape index (κ2) is 6.98. The maximum absolute atomic E-state index is 12.3. The van der Waals surface area contributed by atoms with Gasteiger partial charge in [-0.2, -0.15) is 0 Å². The van der Waals surface area contributed by atoms with Gasteiger partial charge in [0.15, 0.2) is 0 Å². The van der Waals surface area contributed by atoms with Crippen LogP contribution >= 0.6 is 11.6 Å². The third-order valence-electron chi connectivity index (χ3n) is 3.63. The van der Waals surface area contributed by atoms with E-state index < -0.39 is 0 Å². The SMILES string of the molecule is Cc1ccccc1NC(=O)c1cnc(OC2CCOC2)c(Cl)c1. The number of ether oxygens (including phenoxy) is 2. The molecule has 0 saturated carbocycles. The van der Waals surface area contributed by atoms with Crippen molar-refractivity contribution in [3.63, 3.8) is 0 Å². The highest BCUT2D eigenvalue weighted by atomic mass is 35.5. The van der Waals surface area contributed by atoms with Crippen LogP contribution in [0.1, 0.15) is 22.3 Å². The van der Waals surface area contributed by atoms with Gasteiger partial charge in [-0.1, -0.05) is 29.8 Å². The maximum Gasteiger partial charge on any atom is 0.257 e. The quantitative estimate of drug-likeness (QED) is 0.931. The Balaban J connectivity index is 1.71. The molecule has 0 bridgehead atoms. The van der Waals surface area contributed by atoms with Crippen molar-refractivity contribution >= 4 is 23.2 Å². The molecule has 2 aromatic rings. The number of amides is 1. The van der Waals surface area contributed by atoms with Crippen LogP contribution in [0.15, 0.2) is 36.5 Å². The highest BCUT2D eigenvalue weighted by Gasteiger charge is 2.20. The Morgan fingerprint density at radius 1 is 1.43 bits per heavy atom. The van der Waals surface area contributed by atoms with Crippen LogP contribution in [0.4, 0.5) is 5.69 Å². The van der Waals surface area contributed by atoms with E-state index in [9.17, 15) is 4.79 Å². The van der Waals surface area contributed by atoms with Gasteiger partial charge >= 0.3 is 0 Å². The molecule has 1 atom stereocenters. The first-order valence-corrected chi connectivity index (χ1v) is 7.78. The maximum atomic E-state index is 12.3. The molecule has 1 aliphatic heterocycles. The standard InChI is InChI=1S/C17H17ClN2O3/c1-11-4-2-3-5-15(11)20-16(21)12-8-14(18)17(19-9-12)23-13-6-7-22-10-13/h2-5,8-9,13H,6-7,10H2,1H3,(H,20,21). The molecule has 23 heavy (non-hydrogen) atoms. The van der Waals surface area contributed by atoms with E-state index in [1.807, 2.05) is 31.2 Å². The van der Waals surface area contributed by atoms with Crippen molar-refractivity contribution in [1.82, 2.24) is 4.98 Å². The minimum absolute atomic E-state index is 0.0355. The highest BCUT2D eigenvalue weighted by Crippen LogP contribution is 2.25. The summed E-state index contributed by atoms with van der Waals surface area (Å²) in [6.07, 6.45) is 2.24. The van der Waals surface area contributed by atoms with Gasteiger partial charge in [-0.05, 0) is 24.6 Å². The number of aromatic nitrogens is 1. The van der Waals surface area contributed by atoms with Gasteiger partial charge in [0.05, 0.1) is 18.8 Å². The van der Waals surface area contributed by atoms with Crippen LogP contribution in [0.5, 0.6) is 5.88 Å². The molecule has 1 fully saturated rings. The average Bonchev–Trinajstić information content (AvgIpc) is 3.04. The number of rotatable bonds is 4. The van der Waals surface area contributed by atoms with Gasteiger partial charge in [0, 0.05) is 18.3 Å². The summed E-state index contributed by atoms with van der Waals surface area (Å²) in [6, 6.07) is 9.13. The third kappa shape index (κ3) is 3.81. The number of anilines is 1. The molecule has 1 unspecified atom stereocenters. The minimum atomic E-state index is -0.260. The summed E-state index contributed by atoms with van der Waals surface area (Å²) in [7, 11) is 0. The number of carbonyl (C=O) groups excluding carboxylic acids is 1. The zero-order valence-electron chi connectivity index (χ0n) is 12.7. The summed E-state index contributed by atoms with van der Waals surface area (Å²) in [5.41, 5.74) is 2.13. The van der Waals surface area contributed by atoms with Gasteiger partial charge < -0.3 is 14.8 Å². The minimum Gasteiger partial charge on any atom is -0.471 e. The second-order valence-electron chi connectivity index (χ2n) is 5.38. The summed E-state index contributed by atoms with van der Waals surface area (Å²) < 4.78 is 10.9. The summed E-state index contributed by atoms with van der Waals surface area (Å²) in [5.74, 6) is 0.0686. The first-order valence-electron chi connectivity index (χ1n) is 7.40. The van der Waals surface area contributed by atoms with Crippen LogP contribution in [0.25, 0.3) is 0 Å². The van der Waals surface area contributed by atoms with Crippen LogP contribution in [0.3, 0.4) is 0 Å². The van der Waals surface area contributed by atoms with Crippen molar-refractivity contribution in [2.75, 3.05) is 18.5 Å². The predicted octanol–water partition coefficient (Wildman–Crippen LogP) is 3.46. The lowest BCUT2D eigenvalue weighted by atomic mass is 10.2. The van der Waals surface area contributed by atoms with Gasteiger partial charge in [0.1, 0.15) is 11.1 Å². The van der Waals surface area contributed by atoms with E-state index in [0.29, 0.717) is 29.7 Å². The van der Waals surface area contributed by atoms with Gasteiger partial charge in [-0.15, -0.1) is 0 Å². The summed E-state index contributed by atoms with van der Waals surface area (Å²) in [6.45, 7) is 3.15.